The summed E-state index contributed by atoms with van der Waals surface area (Å²) < 4.78 is 26.6. The van der Waals surface area contributed by atoms with Crippen molar-refractivity contribution in [2.45, 2.75) is 19.1 Å². The van der Waals surface area contributed by atoms with Crippen LogP contribution in [0, 0.1) is 17.0 Å². The first-order chi connectivity index (χ1) is 10.9. The van der Waals surface area contributed by atoms with Gasteiger partial charge in [0.2, 0.25) is 10.0 Å². The summed E-state index contributed by atoms with van der Waals surface area (Å²) in [5.74, 6) is -0.420. The zero-order valence-electron chi connectivity index (χ0n) is 12.6. The molecule has 1 heterocycles. The highest BCUT2D eigenvalue weighted by Crippen LogP contribution is 2.19. The summed E-state index contributed by atoms with van der Waals surface area (Å²) in [6.45, 7) is 2.09. The van der Waals surface area contributed by atoms with E-state index < -0.39 is 20.7 Å². The molecule has 0 radical (unpaired) electrons. The zero-order valence-corrected chi connectivity index (χ0v) is 13.4. The minimum atomic E-state index is -3.64. The molecule has 0 unspecified atom stereocenters. The number of hydrogen-bond acceptors (Lipinski definition) is 5. The Bertz CT molecular complexity index is 789. The summed E-state index contributed by atoms with van der Waals surface area (Å²) in [5, 5.41) is 10.9. The molecular weight excluding hydrogens is 318 g/mol. The van der Waals surface area contributed by atoms with Gasteiger partial charge in [0.25, 0.3) is 5.69 Å². The maximum atomic E-state index is 12.1. The minimum Gasteiger partial charge on any atom is -0.261 e. The molecule has 7 nitrogen and oxygen atoms in total. The Balaban J connectivity index is 1.97. The van der Waals surface area contributed by atoms with Crippen LogP contribution in [0.15, 0.2) is 42.6 Å². The van der Waals surface area contributed by atoms with Crippen molar-refractivity contribution in [1.82, 2.24) is 9.71 Å². The topological polar surface area (TPSA) is 102 Å². The Hall–Kier alpha value is -2.32. The lowest BCUT2D eigenvalue weighted by Crippen LogP contribution is -2.27. The van der Waals surface area contributed by atoms with Crippen LogP contribution in [0.1, 0.15) is 16.8 Å². The highest BCUT2D eigenvalue weighted by molar-refractivity contribution is 7.88. The van der Waals surface area contributed by atoms with Crippen molar-refractivity contribution in [3.05, 3.63) is 69.5 Å². The van der Waals surface area contributed by atoms with Crippen LogP contribution in [0.5, 0.6) is 0 Å². The fourth-order valence-electron chi connectivity index (χ4n) is 2.06. The summed E-state index contributed by atoms with van der Waals surface area (Å²) in [7, 11) is -3.64. The fraction of sp³-hybridized carbons (Fsp3) is 0.267. The molecule has 23 heavy (non-hydrogen) atoms. The molecule has 122 valence electrons. The Morgan fingerprint density at radius 1 is 1.22 bits per heavy atom. The third-order valence-electron chi connectivity index (χ3n) is 3.24. The van der Waals surface area contributed by atoms with Crippen LogP contribution < -0.4 is 4.72 Å². The van der Waals surface area contributed by atoms with Crippen LogP contribution in [0.4, 0.5) is 5.69 Å². The standard InChI is InChI=1S/C15H17N3O4S/c1-12-6-7-13(10-16-12)8-9-17-23(21,22)11-14-4-2-3-5-15(14)18(19)20/h2-7,10,17H,8-9,11H2,1H3. The molecule has 1 aromatic heterocycles. The van der Waals surface area contributed by atoms with E-state index in [0.717, 1.165) is 11.3 Å². The number of benzene rings is 1. The van der Waals surface area contributed by atoms with Crippen molar-refractivity contribution in [1.29, 1.82) is 0 Å². The van der Waals surface area contributed by atoms with Crippen molar-refractivity contribution >= 4 is 15.7 Å². The number of sulfonamides is 1. The van der Waals surface area contributed by atoms with Gasteiger partial charge in [-0.25, -0.2) is 13.1 Å². The van der Waals surface area contributed by atoms with Gasteiger partial charge in [0.1, 0.15) is 0 Å². The van der Waals surface area contributed by atoms with Gasteiger partial charge in [0, 0.05) is 30.1 Å². The molecule has 0 atom stereocenters. The molecule has 0 aliphatic carbocycles. The molecule has 0 bridgehead atoms. The third kappa shape index (κ3) is 5.11. The molecule has 1 aromatic carbocycles. The summed E-state index contributed by atoms with van der Waals surface area (Å²) in [5.41, 5.74) is 1.79. The first kappa shape index (κ1) is 17.0. The Kier molecular flexibility index (Phi) is 5.41. The maximum absolute atomic E-state index is 12.1. The van der Waals surface area contributed by atoms with Gasteiger partial charge in [-0.3, -0.25) is 15.1 Å². The summed E-state index contributed by atoms with van der Waals surface area (Å²) in [6.07, 6.45) is 2.20. The average Bonchev–Trinajstić information content (AvgIpc) is 2.49. The molecule has 0 aliphatic rings. The van der Waals surface area contributed by atoms with E-state index in [9.17, 15) is 18.5 Å². The monoisotopic (exact) mass is 335 g/mol. The van der Waals surface area contributed by atoms with Gasteiger partial charge >= 0.3 is 0 Å². The third-order valence-corrected chi connectivity index (χ3v) is 4.58. The maximum Gasteiger partial charge on any atom is 0.273 e. The predicted octanol–water partition coefficient (Wildman–Crippen LogP) is 1.96. The highest BCUT2D eigenvalue weighted by atomic mass is 32.2. The van der Waals surface area contributed by atoms with E-state index >= 15 is 0 Å². The average molecular weight is 335 g/mol. The van der Waals surface area contributed by atoms with E-state index in [2.05, 4.69) is 9.71 Å². The van der Waals surface area contributed by atoms with Crippen LogP contribution in [-0.2, 0) is 22.2 Å². The fourth-order valence-corrected chi connectivity index (χ4v) is 3.23. The first-order valence-corrected chi connectivity index (χ1v) is 8.64. The summed E-state index contributed by atoms with van der Waals surface area (Å²) in [6, 6.07) is 9.57. The molecule has 1 N–H and O–H groups in total. The molecule has 0 aliphatic heterocycles. The van der Waals surface area contributed by atoms with E-state index in [1.54, 1.807) is 12.3 Å². The lowest BCUT2D eigenvalue weighted by molar-refractivity contribution is -0.385. The lowest BCUT2D eigenvalue weighted by Gasteiger charge is -2.07. The van der Waals surface area contributed by atoms with E-state index in [1.165, 1.54) is 18.2 Å². The molecule has 0 saturated carbocycles. The Morgan fingerprint density at radius 3 is 2.61 bits per heavy atom. The number of nitro groups is 1. The Labute approximate surface area is 134 Å². The van der Waals surface area contributed by atoms with Crippen molar-refractivity contribution in [3.8, 4) is 0 Å². The Morgan fingerprint density at radius 2 is 1.96 bits per heavy atom. The van der Waals surface area contributed by atoms with Crippen molar-refractivity contribution in [2.24, 2.45) is 0 Å². The second kappa shape index (κ2) is 7.30. The lowest BCUT2D eigenvalue weighted by atomic mass is 10.2. The normalized spacial score (nSPS) is 11.3. The number of nitro benzene ring substituents is 1. The first-order valence-electron chi connectivity index (χ1n) is 6.98. The van der Waals surface area contributed by atoms with Gasteiger partial charge < -0.3 is 0 Å². The highest BCUT2D eigenvalue weighted by Gasteiger charge is 2.19. The number of pyridine rings is 1. The molecule has 2 rings (SSSR count). The van der Waals surface area contributed by atoms with Crippen LogP contribution >= 0.6 is 0 Å². The number of hydrogen-bond donors (Lipinski definition) is 1. The second-order valence-corrected chi connectivity index (χ2v) is 6.90. The van der Waals surface area contributed by atoms with Crippen LogP contribution in [0.25, 0.3) is 0 Å². The number of nitrogens with one attached hydrogen (secondary N) is 1. The minimum absolute atomic E-state index is 0.169. The predicted molar refractivity (Wildman–Crippen MR) is 86.4 cm³/mol. The number of nitrogens with zero attached hydrogens (tertiary/aromatic N) is 2. The molecule has 0 fully saturated rings. The molecule has 0 spiro atoms. The quantitative estimate of drug-likeness (QED) is 0.615. The molecular formula is C15H17N3O4S. The molecule has 8 heteroatoms. The van der Waals surface area contributed by atoms with E-state index in [0.29, 0.717) is 6.42 Å². The summed E-state index contributed by atoms with van der Waals surface area (Å²) in [4.78, 5) is 14.5. The van der Waals surface area contributed by atoms with Gasteiger partial charge in [0.15, 0.2) is 0 Å². The smallest absolute Gasteiger partial charge is 0.261 e. The summed E-state index contributed by atoms with van der Waals surface area (Å²) >= 11 is 0. The van der Waals surface area contributed by atoms with E-state index in [1.807, 2.05) is 19.1 Å². The molecule has 0 saturated heterocycles. The van der Waals surface area contributed by atoms with Gasteiger partial charge in [-0.15, -0.1) is 0 Å². The van der Waals surface area contributed by atoms with Crippen molar-refractivity contribution in [2.75, 3.05) is 6.54 Å². The van der Waals surface area contributed by atoms with E-state index in [-0.39, 0.29) is 17.8 Å². The van der Waals surface area contributed by atoms with Crippen LogP contribution in [-0.4, -0.2) is 24.9 Å². The van der Waals surface area contributed by atoms with Gasteiger partial charge in [-0.2, -0.15) is 0 Å². The van der Waals surface area contributed by atoms with E-state index in [4.69, 9.17) is 0 Å². The van der Waals surface area contributed by atoms with Gasteiger partial charge in [0.05, 0.1) is 10.7 Å². The largest absolute Gasteiger partial charge is 0.273 e. The second-order valence-electron chi connectivity index (χ2n) is 5.10. The van der Waals surface area contributed by atoms with Crippen molar-refractivity contribution in [3.63, 3.8) is 0 Å². The number of aryl methyl sites for hydroxylation is 1. The van der Waals surface area contributed by atoms with Gasteiger partial charge in [-0.1, -0.05) is 24.3 Å². The number of rotatable bonds is 7. The molecule has 0 amide bonds. The van der Waals surface area contributed by atoms with Gasteiger partial charge in [-0.05, 0) is 25.0 Å². The number of aromatic nitrogens is 1. The SMILES string of the molecule is Cc1ccc(CCNS(=O)(=O)Cc2ccccc2[N+](=O)[O-])cn1. The zero-order chi connectivity index (χ0) is 16.9. The number of para-hydroxylation sites is 1. The van der Waals surface area contributed by atoms with Crippen molar-refractivity contribution < 1.29 is 13.3 Å². The molecule has 2 aromatic rings. The van der Waals surface area contributed by atoms with Crippen LogP contribution in [0.2, 0.25) is 0 Å². The van der Waals surface area contributed by atoms with Crippen LogP contribution in [0.3, 0.4) is 0 Å².